The zero-order chi connectivity index (χ0) is 11.9. The second kappa shape index (κ2) is 5.69. The van der Waals surface area contributed by atoms with Gasteiger partial charge >= 0.3 is 0 Å². The van der Waals surface area contributed by atoms with Gasteiger partial charge in [-0.3, -0.25) is 4.79 Å². The third-order valence-corrected chi connectivity index (χ3v) is 2.11. The normalized spacial score (nSPS) is 9.88. The zero-order valence-corrected chi connectivity index (χ0v) is 9.22. The van der Waals surface area contributed by atoms with Gasteiger partial charge in [0.1, 0.15) is 12.4 Å². The topological polar surface area (TPSA) is 67.0 Å². The van der Waals surface area contributed by atoms with Crippen LogP contribution in [0.2, 0.25) is 0 Å². The van der Waals surface area contributed by atoms with Gasteiger partial charge in [-0.25, -0.2) is 4.98 Å². The number of aromatic amines is 1. The molecule has 0 atom stereocenters. The van der Waals surface area contributed by atoms with Gasteiger partial charge in [0.15, 0.2) is 5.82 Å². The highest BCUT2D eigenvalue weighted by molar-refractivity contribution is 5.29. The molecule has 1 heterocycles. The van der Waals surface area contributed by atoms with E-state index < -0.39 is 0 Å². The predicted molar refractivity (Wildman–Crippen MR) is 65.3 cm³/mol. The summed E-state index contributed by atoms with van der Waals surface area (Å²) in [6.45, 7) is 0.995. The molecule has 2 rings (SSSR count). The van der Waals surface area contributed by atoms with Gasteiger partial charge in [0.25, 0.3) is 5.56 Å². The fourth-order valence-corrected chi connectivity index (χ4v) is 1.33. The molecule has 1 aromatic carbocycles. The molecular weight excluding hydrogens is 218 g/mol. The molecule has 0 spiro atoms. The molecule has 5 nitrogen and oxygen atoms in total. The Labute approximate surface area is 98.5 Å². The fraction of sp³-hybridized carbons (Fsp3) is 0.167. The van der Waals surface area contributed by atoms with Crippen LogP contribution < -0.4 is 15.6 Å². The highest BCUT2D eigenvalue weighted by Crippen LogP contribution is 2.07. The Morgan fingerprint density at radius 2 is 2.12 bits per heavy atom. The molecule has 0 aliphatic carbocycles. The number of anilines is 1. The molecule has 5 heteroatoms. The number of H-pyrrole nitrogens is 1. The van der Waals surface area contributed by atoms with Crippen molar-refractivity contribution in [1.29, 1.82) is 0 Å². The van der Waals surface area contributed by atoms with Crippen LogP contribution in [-0.2, 0) is 0 Å². The lowest BCUT2D eigenvalue weighted by atomic mass is 10.3. The number of rotatable bonds is 5. The lowest BCUT2D eigenvalue weighted by molar-refractivity contribution is 0.332. The van der Waals surface area contributed by atoms with E-state index in [4.69, 9.17) is 4.74 Å². The van der Waals surface area contributed by atoms with E-state index in [-0.39, 0.29) is 5.56 Å². The minimum Gasteiger partial charge on any atom is -0.492 e. The third-order valence-electron chi connectivity index (χ3n) is 2.11. The summed E-state index contributed by atoms with van der Waals surface area (Å²) in [5.41, 5.74) is -0.229. The van der Waals surface area contributed by atoms with Crippen LogP contribution in [0.1, 0.15) is 0 Å². The first-order valence-electron chi connectivity index (χ1n) is 5.31. The number of nitrogens with zero attached hydrogens (tertiary/aromatic N) is 1. The summed E-state index contributed by atoms with van der Waals surface area (Å²) < 4.78 is 5.47. The standard InChI is InChI=1S/C12H13N3O2/c16-12-11(13-6-7-15-12)14-8-9-17-10-4-2-1-3-5-10/h1-7H,8-9H2,(H,13,14)(H,15,16). The van der Waals surface area contributed by atoms with Gasteiger partial charge in [0.2, 0.25) is 0 Å². The van der Waals surface area contributed by atoms with E-state index >= 15 is 0 Å². The van der Waals surface area contributed by atoms with E-state index in [1.807, 2.05) is 30.3 Å². The molecule has 17 heavy (non-hydrogen) atoms. The van der Waals surface area contributed by atoms with E-state index in [0.717, 1.165) is 5.75 Å². The molecule has 0 unspecified atom stereocenters. The van der Waals surface area contributed by atoms with Crippen LogP contribution >= 0.6 is 0 Å². The maximum atomic E-state index is 11.3. The number of hydrogen-bond donors (Lipinski definition) is 2. The molecule has 2 aromatic rings. The Bertz CT molecular complexity index is 510. The number of hydrogen-bond acceptors (Lipinski definition) is 4. The van der Waals surface area contributed by atoms with Crippen molar-refractivity contribution in [3.63, 3.8) is 0 Å². The van der Waals surface area contributed by atoms with Gasteiger partial charge in [-0.1, -0.05) is 18.2 Å². The molecule has 2 N–H and O–H groups in total. The van der Waals surface area contributed by atoms with E-state index in [1.54, 1.807) is 0 Å². The maximum absolute atomic E-state index is 11.3. The van der Waals surface area contributed by atoms with Crippen LogP contribution in [0.25, 0.3) is 0 Å². The van der Waals surface area contributed by atoms with Gasteiger partial charge in [-0.15, -0.1) is 0 Å². The first kappa shape index (κ1) is 11.2. The third kappa shape index (κ3) is 3.34. The van der Waals surface area contributed by atoms with E-state index in [1.165, 1.54) is 12.4 Å². The Balaban J connectivity index is 1.78. The summed E-state index contributed by atoms with van der Waals surface area (Å²) in [4.78, 5) is 17.7. The van der Waals surface area contributed by atoms with Gasteiger partial charge < -0.3 is 15.0 Å². The molecular formula is C12H13N3O2. The average Bonchev–Trinajstić information content (AvgIpc) is 2.38. The average molecular weight is 231 g/mol. The van der Waals surface area contributed by atoms with Crippen molar-refractivity contribution >= 4 is 5.82 Å². The molecule has 0 saturated carbocycles. The van der Waals surface area contributed by atoms with Crippen molar-refractivity contribution in [2.45, 2.75) is 0 Å². The number of benzene rings is 1. The van der Waals surface area contributed by atoms with Gasteiger partial charge in [0, 0.05) is 12.4 Å². The molecule has 0 amide bonds. The Morgan fingerprint density at radius 1 is 1.29 bits per heavy atom. The van der Waals surface area contributed by atoms with Crippen molar-refractivity contribution < 1.29 is 4.74 Å². The summed E-state index contributed by atoms with van der Waals surface area (Å²) in [7, 11) is 0. The first-order chi connectivity index (χ1) is 8.36. The largest absolute Gasteiger partial charge is 0.492 e. The summed E-state index contributed by atoms with van der Waals surface area (Å²) in [5, 5.41) is 2.90. The van der Waals surface area contributed by atoms with Gasteiger partial charge in [-0.2, -0.15) is 0 Å². The fourth-order valence-electron chi connectivity index (χ4n) is 1.33. The highest BCUT2D eigenvalue weighted by Gasteiger charge is 1.98. The predicted octanol–water partition coefficient (Wildman–Crippen LogP) is 1.26. The van der Waals surface area contributed by atoms with Crippen molar-refractivity contribution in [3.8, 4) is 5.75 Å². The van der Waals surface area contributed by atoms with Crippen molar-refractivity contribution in [3.05, 3.63) is 53.1 Å². The molecule has 0 radical (unpaired) electrons. The smallest absolute Gasteiger partial charge is 0.290 e. The molecule has 1 aromatic heterocycles. The molecule has 0 saturated heterocycles. The summed E-state index contributed by atoms with van der Waals surface area (Å²) >= 11 is 0. The second-order valence-corrected chi connectivity index (χ2v) is 3.36. The Kier molecular flexibility index (Phi) is 3.75. The summed E-state index contributed by atoms with van der Waals surface area (Å²) in [6, 6.07) is 9.51. The summed E-state index contributed by atoms with van der Waals surface area (Å²) in [5.74, 6) is 1.12. The quantitative estimate of drug-likeness (QED) is 0.760. The van der Waals surface area contributed by atoms with E-state index in [0.29, 0.717) is 19.0 Å². The van der Waals surface area contributed by atoms with E-state index in [2.05, 4.69) is 15.3 Å². The SMILES string of the molecule is O=c1[nH]ccnc1NCCOc1ccccc1. The zero-order valence-electron chi connectivity index (χ0n) is 9.22. The van der Waals surface area contributed by atoms with Crippen LogP contribution in [0.3, 0.4) is 0 Å². The summed E-state index contributed by atoms with van der Waals surface area (Å²) in [6.07, 6.45) is 3.02. The molecule has 0 aliphatic rings. The Hall–Kier alpha value is -2.30. The van der Waals surface area contributed by atoms with Crippen LogP contribution in [0.4, 0.5) is 5.82 Å². The van der Waals surface area contributed by atoms with Crippen LogP contribution in [0, 0.1) is 0 Å². The molecule has 88 valence electrons. The van der Waals surface area contributed by atoms with Crippen molar-refractivity contribution in [1.82, 2.24) is 9.97 Å². The lowest BCUT2D eigenvalue weighted by Gasteiger charge is -2.06. The minimum absolute atomic E-state index is 0.229. The first-order valence-corrected chi connectivity index (χ1v) is 5.31. The number of nitrogens with one attached hydrogen (secondary N) is 2. The van der Waals surface area contributed by atoms with Crippen molar-refractivity contribution in [2.24, 2.45) is 0 Å². The monoisotopic (exact) mass is 231 g/mol. The van der Waals surface area contributed by atoms with Crippen molar-refractivity contribution in [2.75, 3.05) is 18.5 Å². The van der Waals surface area contributed by atoms with Crippen LogP contribution in [-0.4, -0.2) is 23.1 Å². The van der Waals surface area contributed by atoms with Gasteiger partial charge in [0.05, 0.1) is 6.54 Å². The second-order valence-electron chi connectivity index (χ2n) is 3.36. The van der Waals surface area contributed by atoms with Crippen LogP contribution in [0.15, 0.2) is 47.5 Å². The number of aromatic nitrogens is 2. The number of para-hydroxylation sites is 1. The van der Waals surface area contributed by atoms with E-state index in [9.17, 15) is 4.79 Å². The molecule has 0 bridgehead atoms. The van der Waals surface area contributed by atoms with Crippen LogP contribution in [0.5, 0.6) is 5.75 Å². The molecule has 0 fully saturated rings. The minimum atomic E-state index is -0.229. The number of ether oxygens (including phenoxy) is 1. The highest BCUT2D eigenvalue weighted by atomic mass is 16.5. The Morgan fingerprint density at radius 3 is 2.88 bits per heavy atom. The molecule has 0 aliphatic heterocycles. The lowest BCUT2D eigenvalue weighted by Crippen LogP contribution is -2.19. The van der Waals surface area contributed by atoms with Gasteiger partial charge in [-0.05, 0) is 12.1 Å². The maximum Gasteiger partial charge on any atom is 0.290 e.